The van der Waals surface area contributed by atoms with E-state index >= 15 is 0 Å². The Labute approximate surface area is 122 Å². The molecule has 0 aliphatic carbocycles. The molecule has 0 radical (unpaired) electrons. The van der Waals surface area contributed by atoms with Crippen molar-refractivity contribution in [3.63, 3.8) is 0 Å². The van der Waals surface area contributed by atoms with Crippen molar-refractivity contribution in [2.75, 3.05) is 18.5 Å². The van der Waals surface area contributed by atoms with Crippen LogP contribution in [-0.2, 0) is 4.74 Å². The summed E-state index contributed by atoms with van der Waals surface area (Å²) < 4.78 is 8.55. The Kier molecular flexibility index (Phi) is 6.32. The van der Waals surface area contributed by atoms with Gasteiger partial charge in [-0.3, -0.25) is 0 Å². The maximum absolute atomic E-state index is 5.46. The molecule has 16 heavy (non-hydrogen) atoms. The van der Waals surface area contributed by atoms with Crippen LogP contribution in [-0.4, -0.2) is 19.3 Å². The van der Waals surface area contributed by atoms with Crippen molar-refractivity contribution in [1.82, 2.24) is 0 Å². The number of hydrogen-bond donors (Lipinski definition) is 1. The summed E-state index contributed by atoms with van der Waals surface area (Å²) in [6, 6.07) is 4.02. The topological polar surface area (TPSA) is 21.3 Å². The van der Waals surface area contributed by atoms with Crippen molar-refractivity contribution < 1.29 is 4.74 Å². The molecule has 0 saturated heterocycles. The molecular formula is C11H14Br3NO. The Bertz CT molecular complexity index is 332. The van der Waals surface area contributed by atoms with Gasteiger partial charge in [-0.25, -0.2) is 0 Å². The number of hydrogen-bond acceptors (Lipinski definition) is 2. The van der Waals surface area contributed by atoms with Gasteiger partial charge in [0.15, 0.2) is 0 Å². The van der Waals surface area contributed by atoms with Gasteiger partial charge in [-0.05, 0) is 57.8 Å². The van der Waals surface area contributed by atoms with Crippen LogP contribution in [0.15, 0.2) is 25.6 Å². The molecule has 0 bridgehead atoms. The van der Waals surface area contributed by atoms with Crippen LogP contribution in [0.25, 0.3) is 0 Å². The van der Waals surface area contributed by atoms with Gasteiger partial charge < -0.3 is 10.1 Å². The number of nitrogens with one attached hydrogen (secondary N) is 1. The molecule has 0 heterocycles. The van der Waals surface area contributed by atoms with Gasteiger partial charge in [0.05, 0.1) is 18.4 Å². The molecule has 1 aromatic carbocycles. The molecule has 1 N–H and O–H groups in total. The fraction of sp³-hybridized carbons (Fsp3) is 0.455. The molecule has 0 aliphatic rings. The van der Waals surface area contributed by atoms with E-state index in [4.69, 9.17) is 4.74 Å². The molecule has 2 nitrogen and oxygen atoms in total. The molecule has 0 aromatic heterocycles. The summed E-state index contributed by atoms with van der Waals surface area (Å²) >= 11 is 10.5. The van der Waals surface area contributed by atoms with Gasteiger partial charge in [-0.15, -0.1) is 0 Å². The summed E-state index contributed by atoms with van der Waals surface area (Å²) in [5.74, 6) is 0. The molecule has 1 rings (SSSR count). The first-order valence-corrected chi connectivity index (χ1v) is 7.38. The maximum Gasteiger partial charge on any atom is 0.0642 e. The second-order valence-corrected chi connectivity index (χ2v) is 6.22. The minimum atomic E-state index is 0.276. The molecule has 0 saturated carbocycles. The summed E-state index contributed by atoms with van der Waals surface area (Å²) in [5, 5.41) is 3.32. The van der Waals surface area contributed by atoms with Crippen molar-refractivity contribution in [2.45, 2.75) is 20.0 Å². The Morgan fingerprint density at radius 1 is 1.19 bits per heavy atom. The van der Waals surface area contributed by atoms with Crippen molar-refractivity contribution >= 4 is 53.5 Å². The highest BCUT2D eigenvalue weighted by Crippen LogP contribution is 2.34. The smallest absolute Gasteiger partial charge is 0.0642 e. The van der Waals surface area contributed by atoms with Crippen LogP contribution in [0.1, 0.15) is 13.8 Å². The van der Waals surface area contributed by atoms with Gasteiger partial charge in [0.2, 0.25) is 0 Å². The monoisotopic (exact) mass is 413 g/mol. The van der Waals surface area contributed by atoms with Gasteiger partial charge in [0.25, 0.3) is 0 Å². The van der Waals surface area contributed by atoms with Crippen LogP contribution in [0.2, 0.25) is 0 Å². The molecule has 0 aliphatic heterocycles. The molecule has 90 valence electrons. The Morgan fingerprint density at radius 3 is 2.25 bits per heavy atom. The third-order valence-corrected chi connectivity index (χ3v) is 3.57. The van der Waals surface area contributed by atoms with E-state index < -0.39 is 0 Å². The van der Waals surface area contributed by atoms with E-state index in [0.29, 0.717) is 6.61 Å². The fourth-order valence-corrected chi connectivity index (χ4v) is 3.72. The molecular weight excluding hydrogens is 402 g/mol. The minimum Gasteiger partial charge on any atom is -0.381 e. The number of rotatable bonds is 5. The van der Waals surface area contributed by atoms with Gasteiger partial charge in [0, 0.05) is 20.0 Å². The molecule has 0 amide bonds. The number of anilines is 1. The molecule has 0 fully saturated rings. The third kappa shape index (κ3) is 4.73. The summed E-state index contributed by atoms with van der Waals surface area (Å²) in [4.78, 5) is 0. The first kappa shape index (κ1) is 14.5. The predicted molar refractivity (Wildman–Crippen MR) is 79.1 cm³/mol. The SMILES string of the molecule is CC(C)OCCNc1c(Br)cc(Br)cc1Br. The molecule has 0 spiro atoms. The number of benzene rings is 1. The summed E-state index contributed by atoms with van der Waals surface area (Å²) in [7, 11) is 0. The lowest BCUT2D eigenvalue weighted by atomic mass is 10.3. The minimum absolute atomic E-state index is 0.276. The van der Waals surface area contributed by atoms with Crippen LogP contribution >= 0.6 is 47.8 Å². The average Bonchev–Trinajstić information content (AvgIpc) is 2.14. The van der Waals surface area contributed by atoms with E-state index in [1.165, 1.54) is 0 Å². The van der Waals surface area contributed by atoms with Gasteiger partial charge in [0.1, 0.15) is 0 Å². The zero-order valence-corrected chi connectivity index (χ0v) is 13.9. The number of halogens is 3. The van der Waals surface area contributed by atoms with E-state index in [-0.39, 0.29) is 6.10 Å². The van der Waals surface area contributed by atoms with E-state index in [1.54, 1.807) is 0 Å². The molecule has 0 unspecified atom stereocenters. The Morgan fingerprint density at radius 2 is 1.75 bits per heavy atom. The highest BCUT2D eigenvalue weighted by molar-refractivity contribution is 9.11. The second kappa shape index (κ2) is 6.99. The van der Waals surface area contributed by atoms with Gasteiger partial charge >= 0.3 is 0 Å². The van der Waals surface area contributed by atoms with Crippen molar-refractivity contribution in [1.29, 1.82) is 0 Å². The van der Waals surface area contributed by atoms with E-state index in [9.17, 15) is 0 Å². The fourth-order valence-electron chi connectivity index (χ4n) is 1.18. The lowest BCUT2D eigenvalue weighted by molar-refractivity contribution is 0.0870. The number of ether oxygens (including phenoxy) is 1. The van der Waals surface area contributed by atoms with Crippen molar-refractivity contribution in [3.8, 4) is 0 Å². The lowest BCUT2D eigenvalue weighted by Crippen LogP contribution is -2.13. The zero-order chi connectivity index (χ0) is 12.1. The van der Waals surface area contributed by atoms with Crippen LogP contribution in [0.4, 0.5) is 5.69 Å². The zero-order valence-electron chi connectivity index (χ0n) is 9.19. The van der Waals surface area contributed by atoms with Crippen molar-refractivity contribution in [2.24, 2.45) is 0 Å². The average molecular weight is 416 g/mol. The largest absolute Gasteiger partial charge is 0.381 e. The maximum atomic E-state index is 5.46. The Balaban J connectivity index is 2.54. The predicted octanol–water partition coefficient (Wildman–Crippen LogP) is 4.81. The van der Waals surface area contributed by atoms with Crippen LogP contribution < -0.4 is 5.32 Å². The first-order chi connectivity index (χ1) is 7.50. The first-order valence-electron chi connectivity index (χ1n) is 5.00. The highest BCUT2D eigenvalue weighted by Gasteiger charge is 2.06. The van der Waals surface area contributed by atoms with Crippen LogP contribution in [0.5, 0.6) is 0 Å². The Hall–Kier alpha value is 0.420. The summed E-state index contributed by atoms with van der Waals surface area (Å²) in [5.41, 5.74) is 1.05. The second-order valence-electron chi connectivity index (χ2n) is 3.59. The quantitative estimate of drug-likeness (QED) is 0.697. The standard InChI is InChI=1S/C11H14Br3NO/c1-7(2)16-4-3-15-11-9(13)5-8(12)6-10(11)14/h5-7,15H,3-4H2,1-2H3. The van der Waals surface area contributed by atoms with Crippen LogP contribution in [0, 0.1) is 0 Å². The molecule has 1 aromatic rings. The van der Waals surface area contributed by atoms with Gasteiger partial charge in [-0.1, -0.05) is 15.9 Å². The molecule has 0 atom stereocenters. The van der Waals surface area contributed by atoms with E-state index in [0.717, 1.165) is 25.7 Å². The normalized spacial score (nSPS) is 10.9. The summed E-state index contributed by atoms with van der Waals surface area (Å²) in [6.07, 6.45) is 0.276. The van der Waals surface area contributed by atoms with Crippen molar-refractivity contribution in [3.05, 3.63) is 25.6 Å². The third-order valence-electron chi connectivity index (χ3n) is 1.86. The highest BCUT2D eigenvalue weighted by atomic mass is 79.9. The lowest BCUT2D eigenvalue weighted by Gasteiger charge is -2.12. The van der Waals surface area contributed by atoms with E-state index in [1.807, 2.05) is 26.0 Å². The summed E-state index contributed by atoms with van der Waals surface area (Å²) in [6.45, 7) is 5.56. The van der Waals surface area contributed by atoms with Crippen LogP contribution in [0.3, 0.4) is 0 Å². The van der Waals surface area contributed by atoms with Gasteiger partial charge in [-0.2, -0.15) is 0 Å². The molecule has 5 heteroatoms. The van der Waals surface area contributed by atoms with E-state index in [2.05, 4.69) is 53.1 Å².